The minimum atomic E-state index is 0.106. The van der Waals surface area contributed by atoms with E-state index in [0.29, 0.717) is 42.5 Å². The molecule has 2 fully saturated rings. The molecule has 9 nitrogen and oxygen atoms in total. The summed E-state index contributed by atoms with van der Waals surface area (Å²) in [5, 5.41) is 9.72. The van der Waals surface area contributed by atoms with Crippen molar-refractivity contribution in [1.82, 2.24) is 29.8 Å². The molecule has 2 aliphatic rings. The third kappa shape index (κ3) is 5.90. The molecule has 1 atom stereocenters. The Morgan fingerprint density at radius 2 is 1.93 bits per heavy atom. The molecule has 1 N–H and O–H groups in total. The van der Waals surface area contributed by atoms with Gasteiger partial charge in [0, 0.05) is 43.2 Å². The van der Waals surface area contributed by atoms with Gasteiger partial charge in [-0.05, 0) is 68.9 Å². The summed E-state index contributed by atoms with van der Waals surface area (Å²) < 4.78 is 1.75. The maximum atomic E-state index is 13.6. The molecular formula is C31H37N7O2S. The maximum absolute atomic E-state index is 13.6. The van der Waals surface area contributed by atoms with Gasteiger partial charge >= 0.3 is 0 Å². The SMILES string of the molecule is CCN(CC)[C@@H](C)CCC(=O)c1cc(-c2cnn3ccc(-c4cccs4)nc23)nc(N2CC(NC(=O)C3CC3)C2)c1. The van der Waals surface area contributed by atoms with Gasteiger partial charge in [0.25, 0.3) is 0 Å². The van der Waals surface area contributed by atoms with Gasteiger partial charge in [-0.2, -0.15) is 5.10 Å². The fraction of sp³-hybridized carbons (Fsp3) is 0.452. The van der Waals surface area contributed by atoms with Crippen LogP contribution in [0.5, 0.6) is 0 Å². The van der Waals surface area contributed by atoms with Crippen LogP contribution in [-0.2, 0) is 4.79 Å². The summed E-state index contributed by atoms with van der Waals surface area (Å²) in [6.45, 7) is 9.80. The Bertz CT molecular complexity index is 1540. The van der Waals surface area contributed by atoms with Gasteiger partial charge in [-0.3, -0.25) is 9.59 Å². The van der Waals surface area contributed by atoms with Crippen molar-refractivity contribution in [2.75, 3.05) is 31.1 Å². The first-order valence-electron chi connectivity index (χ1n) is 14.7. The lowest BCUT2D eigenvalue weighted by Crippen LogP contribution is -2.60. The van der Waals surface area contributed by atoms with Crippen LogP contribution in [0.2, 0.25) is 0 Å². The van der Waals surface area contributed by atoms with Crippen LogP contribution in [0.1, 0.15) is 56.8 Å². The number of rotatable bonds is 12. The predicted molar refractivity (Wildman–Crippen MR) is 162 cm³/mol. The average molecular weight is 572 g/mol. The van der Waals surface area contributed by atoms with Crippen molar-refractivity contribution >= 4 is 34.5 Å². The van der Waals surface area contributed by atoms with E-state index in [1.54, 1.807) is 22.0 Å². The van der Waals surface area contributed by atoms with E-state index in [2.05, 4.69) is 47.1 Å². The van der Waals surface area contributed by atoms with Crippen LogP contribution < -0.4 is 10.2 Å². The third-order valence-corrected chi connectivity index (χ3v) is 9.17. The van der Waals surface area contributed by atoms with E-state index in [1.807, 2.05) is 35.8 Å². The number of hydrogen-bond donors (Lipinski definition) is 1. The van der Waals surface area contributed by atoms with Crippen LogP contribution in [0, 0.1) is 5.92 Å². The fourth-order valence-electron chi connectivity index (χ4n) is 5.52. The molecular weight excluding hydrogens is 534 g/mol. The number of anilines is 1. The van der Waals surface area contributed by atoms with Gasteiger partial charge in [0.05, 0.1) is 34.1 Å². The molecule has 4 aromatic rings. The Morgan fingerprint density at radius 3 is 2.63 bits per heavy atom. The largest absolute Gasteiger partial charge is 0.352 e. The summed E-state index contributed by atoms with van der Waals surface area (Å²) in [6, 6.07) is 10.3. The quantitative estimate of drug-likeness (QED) is 0.241. The Labute approximate surface area is 244 Å². The number of fused-ring (bicyclic) bond motifs is 1. The number of pyridine rings is 1. The number of ketones is 1. The molecule has 5 heterocycles. The van der Waals surface area contributed by atoms with E-state index in [-0.39, 0.29) is 23.7 Å². The number of thiophene rings is 1. The summed E-state index contributed by atoms with van der Waals surface area (Å²) in [6.07, 6.45) is 6.94. The number of nitrogens with one attached hydrogen (secondary N) is 1. The molecule has 41 heavy (non-hydrogen) atoms. The first kappa shape index (κ1) is 27.5. The van der Waals surface area contributed by atoms with E-state index < -0.39 is 0 Å². The van der Waals surface area contributed by atoms with Crippen molar-refractivity contribution in [2.45, 2.75) is 58.5 Å². The van der Waals surface area contributed by atoms with Gasteiger partial charge in [0.15, 0.2) is 11.4 Å². The smallest absolute Gasteiger partial charge is 0.223 e. The van der Waals surface area contributed by atoms with E-state index in [0.717, 1.165) is 54.3 Å². The van der Waals surface area contributed by atoms with Crippen molar-refractivity contribution < 1.29 is 9.59 Å². The predicted octanol–water partition coefficient (Wildman–Crippen LogP) is 4.93. The molecule has 0 unspecified atom stereocenters. The van der Waals surface area contributed by atoms with E-state index >= 15 is 0 Å². The molecule has 1 aliphatic heterocycles. The van der Waals surface area contributed by atoms with Crippen molar-refractivity contribution in [3.8, 4) is 21.8 Å². The molecule has 10 heteroatoms. The topological polar surface area (TPSA) is 95.7 Å². The average Bonchev–Trinajstić information content (AvgIpc) is 3.50. The first-order valence-corrected chi connectivity index (χ1v) is 15.5. The number of aromatic nitrogens is 4. The highest BCUT2D eigenvalue weighted by atomic mass is 32.1. The Hall–Kier alpha value is -3.63. The number of nitrogens with zero attached hydrogens (tertiary/aromatic N) is 6. The molecule has 214 valence electrons. The number of Topliss-reactive ketones (excluding diaryl/α,β-unsaturated/α-hetero) is 1. The Kier molecular flexibility index (Phi) is 7.86. The van der Waals surface area contributed by atoms with Crippen LogP contribution >= 0.6 is 11.3 Å². The molecule has 1 amide bonds. The highest BCUT2D eigenvalue weighted by Gasteiger charge is 2.35. The van der Waals surface area contributed by atoms with E-state index in [9.17, 15) is 9.59 Å². The fourth-order valence-corrected chi connectivity index (χ4v) is 6.22. The summed E-state index contributed by atoms with van der Waals surface area (Å²) in [7, 11) is 0. The van der Waals surface area contributed by atoms with Gasteiger partial charge in [0.1, 0.15) is 5.82 Å². The minimum absolute atomic E-state index is 0.106. The van der Waals surface area contributed by atoms with Crippen LogP contribution in [0.3, 0.4) is 0 Å². The molecule has 0 spiro atoms. The zero-order valence-electron chi connectivity index (χ0n) is 23.9. The highest BCUT2D eigenvalue weighted by molar-refractivity contribution is 7.13. The Morgan fingerprint density at radius 1 is 1.12 bits per heavy atom. The van der Waals surface area contributed by atoms with Gasteiger partial charge in [-0.1, -0.05) is 19.9 Å². The third-order valence-electron chi connectivity index (χ3n) is 8.28. The molecule has 0 bridgehead atoms. The number of carbonyl (C=O) groups excluding carboxylic acids is 2. The van der Waals surface area contributed by atoms with E-state index in [1.165, 1.54) is 0 Å². The molecule has 0 radical (unpaired) electrons. The molecule has 0 aromatic carbocycles. The number of amides is 1. The molecule has 1 saturated heterocycles. The van der Waals surface area contributed by atoms with Crippen LogP contribution in [0.25, 0.3) is 27.5 Å². The van der Waals surface area contributed by atoms with Crippen molar-refractivity contribution in [1.29, 1.82) is 0 Å². The second-order valence-electron chi connectivity index (χ2n) is 11.1. The lowest BCUT2D eigenvalue weighted by Gasteiger charge is -2.40. The summed E-state index contributed by atoms with van der Waals surface area (Å²) in [4.78, 5) is 41.3. The molecule has 6 rings (SSSR count). The summed E-state index contributed by atoms with van der Waals surface area (Å²) in [5.41, 5.74) is 3.70. The highest BCUT2D eigenvalue weighted by Crippen LogP contribution is 2.32. The van der Waals surface area contributed by atoms with Crippen molar-refractivity contribution in [2.24, 2.45) is 5.92 Å². The normalized spacial score (nSPS) is 16.2. The van der Waals surface area contributed by atoms with Gasteiger partial charge < -0.3 is 15.1 Å². The van der Waals surface area contributed by atoms with Gasteiger partial charge in [0.2, 0.25) is 5.91 Å². The first-order chi connectivity index (χ1) is 19.9. The second-order valence-corrected chi connectivity index (χ2v) is 12.1. The van der Waals surface area contributed by atoms with Gasteiger partial charge in [-0.25, -0.2) is 14.5 Å². The molecule has 1 aliphatic carbocycles. The van der Waals surface area contributed by atoms with E-state index in [4.69, 9.17) is 9.97 Å². The lowest BCUT2D eigenvalue weighted by atomic mass is 10.0. The van der Waals surface area contributed by atoms with Crippen LogP contribution in [0.4, 0.5) is 5.82 Å². The van der Waals surface area contributed by atoms with Crippen molar-refractivity contribution in [3.05, 3.63) is 53.7 Å². The minimum Gasteiger partial charge on any atom is -0.352 e. The van der Waals surface area contributed by atoms with Gasteiger partial charge in [-0.15, -0.1) is 11.3 Å². The lowest BCUT2D eigenvalue weighted by molar-refractivity contribution is -0.123. The maximum Gasteiger partial charge on any atom is 0.223 e. The monoisotopic (exact) mass is 571 g/mol. The van der Waals surface area contributed by atoms with Crippen LogP contribution in [-0.4, -0.2) is 74.4 Å². The molecule has 4 aromatic heterocycles. The second kappa shape index (κ2) is 11.7. The Balaban J connectivity index is 1.29. The number of carbonyl (C=O) groups is 2. The standard InChI is InChI=1S/C31H37N7O2S/c1-4-36(5-2)20(3)8-11-27(39)22-15-26(34-29(16-22)37-18-23(19-37)33-31(40)21-9-10-21)24-17-32-38-13-12-25(35-30(24)38)28-7-6-14-41-28/h6-7,12-17,20-21,23H,4-5,8-11,18-19H2,1-3H3,(H,33,40)/t20-/m0/s1. The summed E-state index contributed by atoms with van der Waals surface area (Å²) in [5.74, 6) is 1.20. The molecule has 1 saturated carbocycles. The van der Waals surface area contributed by atoms with Crippen LogP contribution in [0.15, 0.2) is 48.1 Å². The zero-order valence-corrected chi connectivity index (χ0v) is 24.7. The summed E-state index contributed by atoms with van der Waals surface area (Å²) >= 11 is 1.64. The zero-order chi connectivity index (χ0) is 28.5. The van der Waals surface area contributed by atoms with Crippen molar-refractivity contribution in [3.63, 3.8) is 0 Å². The number of hydrogen-bond acceptors (Lipinski definition) is 8.